The van der Waals surface area contributed by atoms with E-state index in [1.165, 1.54) is 6.20 Å². The van der Waals surface area contributed by atoms with Gasteiger partial charge in [-0.05, 0) is 36.4 Å². The van der Waals surface area contributed by atoms with Gasteiger partial charge in [0.15, 0.2) is 0 Å². The summed E-state index contributed by atoms with van der Waals surface area (Å²) in [4.78, 5) is 33.4. The van der Waals surface area contributed by atoms with Crippen molar-refractivity contribution in [2.75, 3.05) is 22.9 Å². The maximum Gasteiger partial charge on any atom is 0.261 e. The summed E-state index contributed by atoms with van der Waals surface area (Å²) in [6.45, 7) is 0.924. The minimum atomic E-state index is -0.291. The molecule has 2 aromatic heterocycles. The van der Waals surface area contributed by atoms with Crippen LogP contribution in [0.25, 0.3) is 10.9 Å². The molecule has 4 rings (SSSR count). The van der Waals surface area contributed by atoms with Crippen molar-refractivity contribution in [3.05, 3.63) is 89.1 Å². The van der Waals surface area contributed by atoms with Gasteiger partial charge in [-0.2, -0.15) is 0 Å². The average Bonchev–Trinajstić information content (AvgIpc) is 2.77. The van der Waals surface area contributed by atoms with Crippen molar-refractivity contribution in [1.82, 2.24) is 14.5 Å². The Morgan fingerprint density at radius 3 is 2.60 bits per heavy atom. The molecule has 0 bridgehead atoms. The molecule has 4 N–H and O–H groups in total. The third-order valence-electron chi connectivity index (χ3n) is 4.63. The summed E-state index contributed by atoms with van der Waals surface area (Å²) in [5.41, 5.74) is 7.91. The van der Waals surface area contributed by atoms with E-state index in [9.17, 15) is 9.59 Å². The van der Waals surface area contributed by atoms with E-state index in [1.54, 1.807) is 53.4 Å². The molecule has 8 heteroatoms. The van der Waals surface area contributed by atoms with E-state index in [1.807, 2.05) is 18.2 Å². The summed E-state index contributed by atoms with van der Waals surface area (Å²) >= 11 is 0. The molecule has 0 aliphatic carbocycles. The minimum Gasteiger partial charge on any atom is -0.397 e. The molecule has 2 heterocycles. The second-order valence-corrected chi connectivity index (χ2v) is 6.66. The average molecular weight is 400 g/mol. The number of nitrogens with zero attached hydrogens (tertiary/aromatic N) is 3. The fourth-order valence-corrected chi connectivity index (χ4v) is 3.01. The van der Waals surface area contributed by atoms with Gasteiger partial charge in [0, 0.05) is 19.3 Å². The lowest BCUT2D eigenvalue weighted by Crippen LogP contribution is -2.24. The van der Waals surface area contributed by atoms with Crippen LogP contribution in [0.4, 0.5) is 17.2 Å². The predicted octanol–water partition coefficient (Wildman–Crippen LogP) is 2.74. The molecule has 30 heavy (non-hydrogen) atoms. The van der Waals surface area contributed by atoms with Crippen molar-refractivity contribution in [3.63, 3.8) is 0 Å². The predicted molar refractivity (Wildman–Crippen MR) is 118 cm³/mol. The summed E-state index contributed by atoms with van der Waals surface area (Å²) in [5, 5.41) is 6.50. The topological polar surface area (TPSA) is 115 Å². The van der Waals surface area contributed by atoms with Crippen molar-refractivity contribution in [3.8, 4) is 0 Å². The van der Waals surface area contributed by atoms with Gasteiger partial charge in [-0.15, -0.1) is 0 Å². The summed E-state index contributed by atoms with van der Waals surface area (Å²) < 4.78 is 1.56. The Morgan fingerprint density at radius 2 is 1.80 bits per heavy atom. The number of para-hydroxylation sites is 3. The molecule has 0 aliphatic heterocycles. The Kier molecular flexibility index (Phi) is 5.38. The van der Waals surface area contributed by atoms with Crippen molar-refractivity contribution in [2.24, 2.45) is 0 Å². The zero-order valence-corrected chi connectivity index (χ0v) is 16.1. The van der Waals surface area contributed by atoms with E-state index in [0.29, 0.717) is 46.7 Å². The van der Waals surface area contributed by atoms with Crippen LogP contribution in [0.2, 0.25) is 0 Å². The molecular weight excluding hydrogens is 380 g/mol. The maximum atomic E-state index is 12.5. The van der Waals surface area contributed by atoms with Gasteiger partial charge in [0.1, 0.15) is 5.82 Å². The van der Waals surface area contributed by atoms with Crippen LogP contribution in [-0.2, 0) is 6.54 Å². The van der Waals surface area contributed by atoms with E-state index in [0.717, 1.165) is 0 Å². The van der Waals surface area contributed by atoms with Crippen LogP contribution >= 0.6 is 0 Å². The Labute approximate surface area is 172 Å². The monoisotopic (exact) mass is 400 g/mol. The molecule has 150 valence electrons. The third kappa shape index (κ3) is 4.12. The standard InChI is InChI=1S/C22H20N6O2/c23-17-6-2-4-8-19(17)27-21(29)15-9-10-20(25-13-15)24-11-12-28-14-26-18-7-3-1-5-16(18)22(28)30/h1-10,13-14H,11-12,23H2,(H,24,25)(H,27,29). The van der Waals surface area contributed by atoms with Crippen molar-refractivity contribution >= 4 is 34.0 Å². The van der Waals surface area contributed by atoms with Crippen LogP contribution < -0.4 is 21.9 Å². The highest BCUT2D eigenvalue weighted by atomic mass is 16.1. The highest BCUT2D eigenvalue weighted by Gasteiger charge is 2.09. The molecule has 2 aromatic carbocycles. The Bertz CT molecular complexity index is 1250. The fraction of sp³-hybridized carbons (Fsp3) is 0.0909. The van der Waals surface area contributed by atoms with E-state index in [-0.39, 0.29) is 11.5 Å². The quantitative estimate of drug-likeness (QED) is 0.429. The number of rotatable bonds is 6. The molecule has 0 aliphatic rings. The Morgan fingerprint density at radius 1 is 1.00 bits per heavy atom. The largest absolute Gasteiger partial charge is 0.397 e. The van der Waals surface area contributed by atoms with Crippen molar-refractivity contribution < 1.29 is 4.79 Å². The SMILES string of the molecule is Nc1ccccc1NC(=O)c1ccc(NCCn2cnc3ccccc3c2=O)nc1. The van der Waals surface area contributed by atoms with E-state index in [2.05, 4.69) is 20.6 Å². The van der Waals surface area contributed by atoms with Crippen LogP contribution in [0, 0.1) is 0 Å². The number of nitrogens with two attached hydrogens (primary N) is 1. The highest BCUT2D eigenvalue weighted by Crippen LogP contribution is 2.18. The lowest BCUT2D eigenvalue weighted by atomic mass is 10.2. The van der Waals surface area contributed by atoms with Gasteiger partial charge in [0.05, 0.1) is 34.2 Å². The molecule has 4 aromatic rings. The number of anilines is 3. The number of hydrogen-bond acceptors (Lipinski definition) is 6. The Balaban J connectivity index is 1.36. The van der Waals surface area contributed by atoms with Crippen LogP contribution in [0.1, 0.15) is 10.4 Å². The normalized spacial score (nSPS) is 10.7. The number of carbonyl (C=O) groups excluding carboxylic acids is 1. The first-order chi connectivity index (χ1) is 14.6. The van der Waals surface area contributed by atoms with E-state index >= 15 is 0 Å². The number of carbonyl (C=O) groups is 1. The lowest BCUT2D eigenvalue weighted by Gasteiger charge is -2.10. The molecule has 0 spiro atoms. The van der Waals surface area contributed by atoms with Gasteiger partial charge in [0.25, 0.3) is 11.5 Å². The third-order valence-corrected chi connectivity index (χ3v) is 4.63. The van der Waals surface area contributed by atoms with Crippen LogP contribution in [-0.4, -0.2) is 27.0 Å². The maximum absolute atomic E-state index is 12.5. The molecule has 0 fully saturated rings. The van der Waals surface area contributed by atoms with Crippen LogP contribution in [0.5, 0.6) is 0 Å². The van der Waals surface area contributed by atoms with Gasteiger partial charge in [-0.25, -0.2) is 9.97 Å². The van der Waals surface area contributed by atoms with Gasteiger partial charge >= 0.3 is 0 Å². The van der Waals surface area contributed by atoms with Gasteiger partial charge in [-0.1, -0.05) is 24.3 Å². The summed E-state index contributed by atoms with van der Waals surface area (Å²) in [6, 6.07) is 17.7. The summed E-state index contributed by atoms with van der Waals surface area (Å²) in [7, 11) is 0. The summed E-state index contributed by atoms with van der Waals surface area (Å²) in [5.74, 6) is 0.313. The molecule has 1 amide bonds. The number of aromatic nitrogens is 3. The highest BCUT2D eigenvalue weighted by molar-refractivity contribution is 6.05. The number of hydrogen-bond donors (Lipinski definition) is 3. The zero-order chi connectivity index (χ0) is 20.9. The first-order valence-corrected chi connectivity index (χ1v) is 9.42. The number of nitrogens with one attached hydrogen (secondary N) is 2. The lowest BCUT2D eigenvalue weighted by molar-refractivity contribution is 0.102. The molecule has 0 atom stereocenters. The molecule has 0 unspecified atom stereocenters. The molecule has 0 saturated heterocycles. The second kappa shape index (κ2) is 8.44. The second-order valence-electron chi connectivity index (χ2n) is 6.66. The fourth-order valence-electron chi connectivity index (χ4n) is 3.01. The zero-order valence-electron chi connectivity index (χ0n) is 16.1. The molecular formula is C22H20N6O2. The van der Waals surface area contributed by atoms with Crippen molar-refractivity contribution in [1.29, 1.82) is 0 Å². The molecule has 0 saturated carbocycles. The first-order valence-electron chi connectivity index (χ1n) is 9.42. The van der Waals surface area contributed by atoms with Crippen LogP contribution in [0.3, 0.4) is 0 Å². The summed E-state index contributed by atoms with van der Waals surface area (Å²) in [6.07, 6.45) is 3.03. The number of amides is 1. The smallest absolute Gasteiger partial charge is 0.261 e. The van der Waals surface area contributed by atoms with Gasteiger partial charge in [-0.3, -0.25) is 14.2 Å². The Hall–Kier alpha value is -4.20. The minimum absolute atomic E-state index is 0.0810. The number of fused-ring (bicyclic) bond motifs is 1. The molecule has 8 nitrogen and oxygen atoms in total. The van der Waals surface area contributed by atoms with Gasteiger partial charge < -0.3 is 16.4 Å². The van der Waals surface area contributed by atoms with E-state index in [4.69, 9.17) is 5.73 Å². The van der Waals surface area contributed by atoms with Crippen molar-refractivity contribution in [2.45, 2.75) is 6.54 Å². The number of nitrogen functional groups attached to an aromatic ring is 1. The van der Waals surface area contributed by atoms with E-state index < -0.39 is 0 Å². The first kappa shape index (κ1) is 19.1. The number of benzene rings is 2. The van der Waals surface area contributed by atoms with Crippen LogP contribution in [0.15, 0.2) is 78.0 Å². The molecule has 0 radical (unpaired) electrons. The van der Waals surface area contributed by atoms with Gasteiger partial charge in [0.2, 0.25) is 0 Å². The number of pyridine rings is 1.